The SMILES string of the molecule is CCCCc1nc2c(c(=O)n1Cc1ccc(-c3ccccc3-c3nn[nH]n3)cc1)CN(C(=O)C(C)(C)C)CC2. The van der Waals surface area contributed by atoms with Crippen LogP contribution in [0.2, 0.25) is 0 Å². The van der Waals surface area contributed by atoms with Crippen LogP contribution in [0.25, 0.3) is 22.5 Å². The van der Waals surface area contributed by atoms with Crippen LogP contribution in [0, 0.1) is 5.41 Å². The summed E-state index contributed by atoms with van der Waals surface area (Å²) in [7, 11) is 0. The number of aromatic nitrogens is 6. The van der Waals surface area contributed by atoms with Crippen LogP contribution in [0.5, 0.6) is 0 Å². The molecule has 202 valence electrons. The van der Waals surface area contributed by atoms with Crippen molar-refractivity contribution in [2.45, 2.75) is 66.5 Å². The number of nitrogens with zero attached hydrogens (tertiary/aromatic N) is 6. The molecule has 1 aliphatic rings. The number of tetrazole rings is 1. The molecule has 0 spiro atoms. The van der Waals surface area contributed by atoms with E-state index in [2.05, 4.69) is 39.7 Å². The van der Waals surface area contributed by atoms with Gasteiger partial charge in [-0.25, -0.2) is 4.98 Å². The number of hydrogen-bond acceptors (Lipinski definition) is 6. The first kappa shape index (κ1) is 26.5. The highest BCUT2D eigenvalue weighted by Gasteiger charge is 2.32. The number of amides is 1. The predicted molar refractivity (Wildman–Crippen MR) is 150 cm³/mol. The maximum atomic E-state index is 13.8. The van der Waals surface area contributed by atoms with Crippen LogP contribution < -0.4 is 5.56 Å². The summed E-state index contributed by atoms with van der Waals surface area (Å²) in [4.78, 5) is 33.6. The Labute approximate surface area is 228 Å². The third-order valence-corrected chi connectivity index (χ3v) is 7.20. The summed E-state index contributed by atoms with van der Waals surface area (Å²) in [5.41, 5.74) is 4.89. The second-order valence-corrected chi connectivity index (χ2v) is 11.2. The first-order chi connectivity index (χ1) is 18.8. The Morgan fingerprint density at radius 3 is 2.46 bits per heavy atom. The van der Waals surface area contributed by atoms with Crippen molar-refractivity contribution in [3.63, 3.8) is 0 Å². The summed E-state index contributed by atoms with van der Waals surface area (Å²) in [6.45, 7) is 9.23. The van der Waals surface area contributed by atoms with E-state index in [1.54, 1.807) is 4.90 Å². The van der Waals surface area contributed by atoms with Gasteiger partial charge in [0.1, 0.15) is 5.82 Å². The standard InChI is InChI=1S/C30H35N7O2/c1-5-6-11-26-31-25-16-17-36(29(39)30(2,3)4)19-24(25)28(38)37(26)18-20-12-14-21(15-13-20)22-9-7-8-10-23(22)27-32-34-35-33-27/h7-10,12-15H,5-6,11,16-19H2,1-4H3,(H,32,33,34,35). The fourth-order valence-electron chi connectivity index (χ4n) is 5.08. The van der Waals surface area contributed by atoms with Gasteiger partial charge in [0, 0.05) is 30.4 Å². The number of aromatic amines is 1. The molecule has 1 aliphatic heterocycles. The number of carbonyl (C=O) groups excluding carboxylic acids is 1. The van der Waals surface area contributed by atoms with Crippen molar-refractivity contribution in [1.29, 1.82) is 0 Å². The molecule has 2 aromatic heterocycles. The van der Waals surface area contributed by atoms with Crippen molar-refractivity contribution in [1.82, 2.24) is 35.1 Å². The largest absolute Gasteiger partial charge is 0.337 e. The van der Waals surface area contributed by atoms with Gasteiger partial charge in [-0.3, -0.25) is 14.2 Å². The molecule has 4 aromatic rings. The Bertz CT molecular complexity index is 1520. The average Bonchev–Trinajstić information content (AvgIpc) is 3.48. The summed E-state index contributed by atoms with van der Waals surface area (Å²) < 4.78 is 1.81. The number of benzene rings is 2. The van der Waals surface area contributed by atoms with E-state index in [0.29, 0.717) is 37.4 Å². The van der Waals surface area contributed by atoms with E-state index in [0.717, 1.165) is 53.0 Å². The van der Waals surface area contributed by atoms with Crippen LogP contribution in [0.3, 0.4) is 0 Å². The van der Waals surface area contributed by atoms with E-state index in [1.165, 1.54) is 0 Å². The van der Waals surface area contributed by atoms with Crippen molar-refractivity contribution < 1.29 is 4.79 Å². The Balaban J connectivity index is 1.46. The highest BCUT2D eigenvalue weighted by atomic mass is 16.2. The summed E-state index contributed by atoms with van der Waals surface area (Å²) in [5, 5.41) is 14.5. The van der Waals surface area contributed by atoms with Crippen molar-refractivity contribution in [2.24, 2.45) is 5.41 Å². The van der Waals surface area contributed by atoms with E-state index in [9.17, 15) is 9.59 Å². The van der Waals surface area contributed by atoms with Crippen LogP contribution in [0.1, 0.15) is 63.2 Å². The van der Waals surface area contributed by atoms with Gasteiger partial charge >= 0.3 is 0 Å². The number of aryl methyl sites for hydroxylation is 1. The molecule has 1 amide bonds. The van der Waals surface area contributed by atoms with E-state index < -0.39 is 5.41 Å². The highest BCUT2D eigenvalue weighted by molar-refractivity contribution is 5.82. The Morgan fingerprint density at radius 1 is 1.05 bits per heavy atom. The molecular weight excluding hydrogens is 490 g/mol. The van der Waals surface area contributed by atoms with E-state index in [-0.39, 0.29) is 11.5 Å². The minimum Gasteiger partial charge on any atom is -0.337 e. The quantitative estimate of drug-likeness (QED) is 0.383. The maximum Gasteiger partial charge on any atom is 0.259 e. The molecule has 0 aliphatic carbocycles. The zero-order valence-electron chi connectivity index (χ0n) is 23.1. The van der Waals surface area contributed by atoms with Gasteiger partial charge in [0.15, 0.2) is 0 Å². The van der Waals surface area contributed by atoms with E-state index in [4.69, 9.17) is 4.98 Å². The lowest BCUT2D eigenvalue weighted by molar-refractivity contribution is -0.140. The van der Waals surface area contributed by atoms with Gasteiger partial charge in [-0.1, -0.05) is 82.6 Å². The fourth-order valence-corrected chi connectivity index (χ4v) is 5.08. The van der Waals surface area contributed by atoms with E-state index >= 15 is 0 Å². The summed E-state index contributed by atoms with van der Waals surface area (Å²) >= 11 is 0. The highest BCUT2D eigenvalue weighted by Crippen LogP contribution is 2.30. The lowest BCUT2D eigenvalue weighted by Crippen LogP contribution is -2.45. The molecule has 0 atom stereocenters. The molecule has 9 nitrogen and oxygen atoms in total. The topological polar surface area (TPSA) is 110 Å². The van der Waals surface area contributed by atoms with Gasteiger partial charge in [-0.05, 0) is 28.3 Å². The zero-order chi connectivity index (χ0) is 27.6. The number of nitrogens with one attached hydrogen (secondary N) is 1. The fraction of sp³-hybridized carbons (Fsp3) is 0.400. The number of H-pyrrole nitrogens is 1. The smallest absolute Gasteiger partial charge is 0.259 e. The minimum absolute atomic E-state index is 0.0379. The molecule has 39 heavy (non-hydrogen) atoms. The molecule has 5 rings (SSSR count). The second-order valence-electron chi connectivity index (χ2n) is 11.2. The number of fused-ring (bicyclic) bond motifs is 1. The first-order valence-corrected chi connectivity index (χ1v) is 13.6. The monoisotopic (exact) mass is 525 g/mol. The minimum atomic E-state index is -0.491. The van der Waals surface area contributed by atoms with Crippen LogP contribution in [0.15, 0.2) is 53.3 Å². The maximum absolute atomic E-state index is 13.8. The van der Waals surface area contributed by atoms with Gasteiger partial charge < -0.3 is 4.90 Å². The molecule has 0 saturated carbocycles. The number of rotatable bonds is 7. The Kier molecular flexibility index (Phi) is 7.41. The normalized spacial score (nSPS) is 13.4. The zero-order valence-corrected chi connectivity index (χ0v) is 23.1. The third-order valence-electron chi connectivity index (χ3n) is 7.20. The first-order valence-electron chi connectivity index (χ1n) is 13.6. The molecule has 2 aromatic carbocycles. The molecule has 9 heteroatoms. The molecule has 0 saturated heterocycles. The predicted octanol–water partition coefficient (Wildman–Crippen LogP) is 4.41. The van der Waals surface area contributed by atoms with Gasteiger partial charge in [-0.2, -0.15) is 5.21 Å². The van der Waals surface area contributed by atoms with Crippen LogP contribution >= 0.6 is 0 Å². The molecule has 0 bridgehead atoms. The molecule has 0 fully saturated rings. The lowest BCUT2D eigenvalue weighted by Gasteiger charge is -2.33. The average molecular weight is 526 g/mol. The molecule has 3 heterocycles. The Morgan fingerprint density at radius 2 is 1.79 bits per heavy atom. The molecular formula is C30H35N7O2. The van der Waals surface area contributed by atoms with Gasteiger partial charge in [0.2, 0.25) is 11.7 Å². The summed E-state index contributed by atoms with van der Waals surface area (Å²) in [5.74, 6) is 1.43. The van der Waals surface area contributed by atoms with Gasteiger partial charge in [0.05, 0.1) is 24.3 Å². The van der Waals surface area contributed by atoms with Crippen LogP contribution in [-0.2, 0) is 30.7 Å². The lowest BCUT2D eigenvalue weighted by atomic mass is 9.93. The molecule has 1 N–H and O–H groups in total. The second kappa shape index (κ2) is 10.9. The van der Waals surface area contributed by atoms with Crippen molar-refractivity contribution in [2.75, 3.05) is 6.54 Å². The summed E-state index contributed by atoms with van der Waals surface area (Å²) in [6, 6.07) is 16.2. The third kappa shape index (κ3) is 5.53. The van der Waals surface area contributed by atoms with Crippen LogP contribution in [0.4, 0.5) is 0 Å². The molecule has 0 radical (unpaired) electrons. The number of carbonyl (C=O) groups is 1. The van der Waals surface area contributed by atoms with Crippen molar-refractivity contribution in [3.05, 3.63) is 81.5 Å². The number of unbranched alkanes of at least 4 members (excludes halogenated alkanes) is 1. The van der Waals surface area contributed by atoms with Gasteiger partial charge in [-0.15, -0.1) is 10.2 Å². The van der Waals surface area contributed by atoms with E-state index in [1.807, 2.05) is 61.7 Å². The van der Waals surface area contributed by atoms with Gasteiger partial charge in [0.25, 0.3) is 5.56 Å². The van der Waals surface area contributed by atoms with Crippen molar-refractivity contribution >= 4 is 5.91 Å². The van der Waals surface area contributed by atoms with Crippen LogP contribution in [-0.4, -0.2) is 47.5 Å². The Hall–Kier alpha value is -4.14. The van der Waals surface area contributed by atoms with Crippen molar-refractivity contribution in [3.8, 4) is 22.5 Å². The summed E-state index contributed by atoms with van der Waals surface area (Å²) in [6.07, 6.45) is 3.35. The number of hydrogen-bond donors (Lipinski definition) is 1. The molecule has 0 unspecified atom stereocenters.